The summed E-state index contributed by atoms with van der Waals surface area (Å²) in [5.41, 5.74) is 2.67. The zero-order chi connectivity index (χ0) is 19.4. The number of hydrogen-bond acceptors (Lipinski definition) is 4. The molecule has 0 amide bonds. The molecule has 5 nitrogen and oxygen atoms in total. The van der Waals surface area contributed by atoms with Gasteiger partial charge in [0.05, 0.1) is 11.4 Å². The maximum absolute atomic E-state index is 12.2. The molecule has 1 aromatic carbocycles. The smallest absolute Gasteiger partial charge is 0.163 e. The number of aromatic nitrogens is 2. The van der Waals surface area contributed by atoms with Gasteiger partial charge >= 0.3 is 0 Å². The van der Waals surface area contributed by atoms with Crippen LogP contribution in [0.5, 0.6) is 0 Å². The Morgan fingerprint density at radius 2 is 2.11 bits per heavy atom. The van der Waals surface area contributed by atoms with Gasteiger partial charge in [0.15, 0.2) is 5.69 Å². The van der Waals surface area contributed by atoms with E-state index in [1.807, 2.05) is 28.9 Å². The monoisotopic (exact) mass is 382 g/mol. The van der Waals surface area contributed by atoms with Crippen LogP contribution >= 0.6 is 0 Å². The van der Waals surface area contributed by atoms with E-state index in [1.165, 1.54) is 32.1 Å². The molecule has 1 unspecified atom stereocenters. The maximum atomic E-state index is 12.2. The molecule has 1 atom stereocenters. The fourth-order valence-electron chi connectivity index (χ4n) is 3.55. The minimum absolute atomic E-state index is 0.395. The summed E-state index contributed by atoms with van der Waals surface area (Å²) in [6.45, 7) is 4.95. The molecule has 6 heteroatoms. The van der Waals surface area contributed by atoms with E-state index in [4.69, 9.17) is 0 Å². The molecule has 142 valence electrons. The molecule has 0 radical (unpaired) electrons. The van der Waals surface area contributed by atoms with Gasteiger partial charge in [-0.1, -0.05) is 31.9 Å². The Morgan fingerprint density at radius 1 is 1.37 bits per heavy atom. The van der Waals surface area contributed by atoms with Crippen LogP contribution in [0.15, 0.2) is 41.8 Å². The fraction of sp³-hybridized carbons (Fsp3) is 0.381. The molecule has 27 heavy (non-hydrogen) atoms. The topological polar surface area (TPSA) is 70.7 Å². The van der Waals surface area contributed by atoms with Crippen molar-refractivity contribution in [2.45, 2.75) is 43.5 Å². The third kappa shape index (κ3) is 4.81. The SMILES string of the molecule is C=C(Nc1cccc(S(=C)(C)=O)c1)c1cc(C#N)nn1CC1CCCCC1. The first-order valence-corrected chi connectivity index (χ1v) is 11.4. The number of anilines is 1. The average Bonchev–Trinajstić information content (AvgIpc) is 3.05. The highest BCUT2D eigenvalue weighted by Gasteiger charge is 2.18. The third-order valence-electron chi connectivity index (χ3n) is 4.99. The van der Waals surface area contributed by atoms with Crippen LogP contribution in [-0.2, 0) is 16.1 Å². The van der Waals surface area contributed by atoms with E-state index in [0.717, 1.165) is 17.9 Å². The van der Waals surface area contributed by atoms with Crippen molar-refractivity contribution >= 4 is 26.8 Å². The Balaban J connectivity index is 1.82. The number of nitrogens with one attached hydrogen (secondary N) is 1. The van der Waals surface area contributed by atoms with Crippen LogP contribution in [-0.4, -0.2) is 26.1 Å². The lowest BCUT2D eigenvalue weighted by Gasteiger charge is -2.22. The molecular formula is C21H26N4OS. The van der Waals surface area contributed by atoms with E-state index in [9.17, 15) is 9.47 Å². The highest BCUT2D eigenvalue weighted by molar-refractivity contribution is 7.99. The molecular weight excluding hydrogens is 356 g/mol. The predicted molar refractivity (Wildman–Crippen MR) is 112 cm³/mol. The minimum atomic E-state index is -2.28. The molecule has 1 fully saturated rings. The second-order valence-corrected chi connectivity index (χ2v) is 9.83. The van der Waals surface area contributed by atoms with Gasteiger partial charge in [-0.2, -0.15) is 10.4 Å². The molecule has 0 spiro atoms. The van der Waals surface area contributed by atoms with E-state index in [0.29, 0.717) is 22.2 Å². The quantitative estimate of drug-likeness (QED) is 0.763. The number of hydrogen-bond donors (Lipinski definition) is 1. The van der Waals surface area contributed by atoms with Crippen molar-refractivity contribution in [1.82, 2.24) is 9.78 Å². The van der Waals surface area contributed by atoms with Gasteiger partial charge in [0.2, 0.25) is 0 Å². The van der Waals surface area contributed by atoms with Crippen molar-refractivity contribution in [2.24, 2.45) is 5.92 Å². The van der Waals surface area contributed by atoms with Crippen LogP contribution in [0.2, 0.25) is 0 Å². The number of benzene rings is 1. The van der Waals surface area contributed by atoms with Crippen molar-refractivity contribution in [2.75, 3.05) is 11.6 Å². The van der Waals surface area contributed by atoms with E-state index >= 15 is 0 Å². The Kier molecular flexibility index (Phi) is 5.71. The molecule has 0 aliphatic heterocycles. The largest absolute Gasteiger partial charge is 0.354 e. The second-order valence-electron chi connectivity index (χ2n) is 7.35. The third-order valence-corrected chi connectivity index (χ3v) is 6.24. The van der Waals surface area contributed by atoms with Gasteiger partial charge in [-0.3, -0.25) is 8.89 Å². The first kappa shape index (κ1) is 19.2. The summed E-state index contributed by atoms with van der Waals surface area (Å²) in [6.07, 6.45) is 7.87. The summed E-state index contributed by atoms with van der Waals surface area (Å²) in [5.74, 6) is 4.33. The Morgan fingerprint density at radius 3 is 2.78 bits per heavy atom. The van der Waals surface area contributed by atoms with Crippen molar-refractivity contribution in [3.8, 4) is 6.07 Å². The normalized spacial score (nSPS) is 17.0. The lowest BCUT2D eigenvalue weighted by molar-refractivity contribution is 0.307. The van der Waals surface area contributed by atoms with Gasteiger partial charge in [0.1, 0.15) is 6.07 Å². The van der Waals surface area contributed by atoms with Crippen molar-refractivity contribution in [1.29, 1.82) is 5.26 Å². The van der Waals surface area contributed by atoms with Gasteiger partial charge in [-0.15, -0.1) is 0 Å². The lowest BCUT2D eigenvalue weighted by Crippen LogP contribution is -2.17. The van der Waals surface area contributed by atoms with E-state index in [1.54, 1.807) is 12.3 Å². The van der Waals surface area contributed by atoms with Crippen LogP contribution in [0.4, 0.5) is 5.69 Å². The summed E-state index contributed by atoms with van der Waals surface area (Å²) in [6, 6.07) is 11.3. The highest BCUT2D eigenvalue weighted by atomic mass is 32.2. The summed E-state index contributed by atoms with van der Waals surface area (Å²) in [7, 11) is -2.28. The standard InChI is InChI=1S/C21H26N4OS/c1-16(23-18-10-7-11-20(12-18)27(2,3)26)21-13-19(14-22)24-25(21)15-17-8-5-4-6-9-17/h7,10-13,17,23H,1-2,4-6,8-9,15H2,3H3. The van der Waals surface area contributed by atoms with E-state index in [2.05, 4.69) is 28.9 Å². The second kappa shape index (κ2) is 8.01. The lowest BCUT2D eigenvalue weighted by atomic mass is 9.89. The molecule has 0 saturated heterocycles. The van der Waals surface area contributed by atoms with Crippen LogP contribution < -0.4 is 5.32 Å². The molecule has 0 bridgehead atoms. The van der Waals surface area contributed by atoms with Crippen LogP contribution in [0.3, 0.4) is 0 Å². The number of rotatable bonds is 6. The van der Waals surface area contributed by atoms with Crippen LogP contribution in [0.25, 0.3) is 5.70 Å². The molecule has 2 aromatic rings. The Bertz CT molecular complexity index is 976. The van der Waals surface area contributed by atoms with E-state index in [-0.39, 0.29) is 0 Å². The molecule has 1 saturated carbocycles. The summed E-state index contributed by atoms with van der Waals surface area (Å²) < 4.78 is 14.1. The molecule has 1 aliphatic rings. The van der Waals surface area contributed by atoms with Crippen LogP contribution in [0.1, 0.15) is 43.5 Å². The number of nitriles is 1. The summed E-state index contributed by atoms with van der Waals surface area (Å²) in [4.78, 5) is 0.689. The highest BCUT2D eigenvalue weighted by Crippen LogP contribution is 2.27. The predicted octanol–water partition coefficient (Wildman–Crippen LogP) is 4.12. The van der Waals surface area contributed by atoms with Crippen molar-refractivity contribution in [3.63, 3.8) is 0 Å². The summed E-state index contributed by atoms with van der Waals surface area (Å²) >= 11 is 0. The minimum Gasteiger partial charge on any atom is -0.354 e. The molecule has 1 aliphatic carbocycles. The Hall–Kier alpha value is -2.52. The van der Waals surface area contributed by atoms with Gasteiger partial charge in [-0.25, -0.2) is 0 Å². The molecule has 1 aromatic heterocycles. The Labute approximate surface area is 161 Å². The average molecular weight is 383 g/mol. The maximum Gasteiger partial charge on any atom is 0.163 e. The van der Waals surface area contributed by atoms with Gasteiger partial charge in [0, 0.05) is 29.4 Å². The van der Waals surface area contributed by atoms with Crippen molar-refractivity contribution < 1.29 is 4.21 Å². The van der Waals surface area contributed by atoms with Gasteiger partial charge in [-0.05, 0) is 52.4 Å². The van der Waals surface area contributed by atoms with Gasteiger partial charge in [0.25, 0.3) is 0 Å². The zero-order valence-corrected chi connectivity index (χ0v) is 16.6. The molecule has 3 rings (SSSR count). The van der Waals surface area contributed by atoms with Crippen LogP contribution in [0, 0.1) is 17.2 Å². The first-order valence-electron chi connectivity index (χ1n) is 9.23. The fourth-order valence-corrected chi connectivity index (χ4v) is 4.29. The first-order chi connectivity index (χ1) is 12.9. The van der Waals surface area contributed by atoms with Gasteiger partial charge < -0.3 is 5.32 Å². The van der Waals surface area contributed by atoms with E-state index < -0.39 is 9.52 Å². The zero-order valence-electron chi connectivity index (χ0n) is 15.8. The number of nitrogens with zero attached hydrogens (tertiary/aromatic N) is 3. The molecule has 1 N–H and O–H groups in total. The molecule has 1 heterocycles. The van der Waals surface area contributed by atoms with Crippen molar-refractivity contribution in [3.05, 3.63) is 48.3 Å². The summed E-state index contributed by atoms with van der Waals surface area (Å²) in [5, 5.41) is 17.0.